The molecule has 9 heteroatoms. The Hall–Kier alpha value is -1.02. The van der Waals surface area contributed by atoms with E-state index in [0.717, 1.165) is 38.5 Å². The molecule has 0 saturated heterocycles. The third-order valence-electron chi connectivity index (χ3n) is 12.9. The highest BCUT2D eigenvalue weighted by Gasteiger charge is 2.23. The molecule has 8 nitrogen and oxygen atoms in total. The minimum Gasteiger partial charge on any atom is -0.756 e. The molecule has 0 heterocycles. The van der Waals surface area contributed by atoms with Crippen LogP contribution in [0.15, 0.2) is 24.3 Å². The summed E-state index contributed by atoms with van der Waals surface area (Å²) in [5.41, 5.74) is 0. The van der Waals surface area contributed by atoms with E-state index in [4.69, 9.17) is 9.05 Å². The summed E-state index contributed by atoms with van der Waals surface area (Å²) in [4.78, 5) is 25.4. The van der Waals surface area contributed by atoms with Crippen LogP contribution in [0.3, 0.4) is 0 Å². The van der Waals surface area contributed by atoms with E-state index in [1.54, 1.807) is 6.08 Å². The van der Waals surface area contributed by atoms with Crippen molar-refractivity contribution < 1.29 is 32.9 Å². The number of hydrogen-bond acceptors (Lipinski definition) is 6. The first-order valence-electron chi connectivity index (χ1n) is 28.2. The number of quaternary nitrogens is 1. The SMILES string of the molecule is CCCCCCCCCCCCCCCCCCCCCC/C=C/CC/C=C/C(O)C(COP(=O)([O-])OCC[N+](C)(C)C)NC(=O)CCCCCCCCCCCCCCCCCCC. The first-order valence-corrected chi connectivity index (χ1v) is 29.7. The summed E-state index contributed by atoms with van der Waals surface area (Å²) >= 11 is 0. The topological polar surface area (TPSA) is 108 Å². The van der Waals surface area contributed by atoms with Gasteiger partial charge in [0.2, 0.25) is 5.91 Å². The Labute approximate surface area is 404 Å². The number of carbonyl (C=O) groups excluding carboxylic acids is 1. The molecule has 0 aliphatic rings. The minimum atomic E-state index is -4.60. The van der Waals surface area contributed by atoms with Crippen LogP contribution >= 0.6 is 7.82 Å². The fraction of sp³-hybridized carbons (Fsp3) is 0.911. The number of aliphatic hydroxyl groups is 1. The van der Waals surface area contributed by atoms with E-state index in [9.17, 15) is 19.4 Å². The molecular formula is C56H111N2O6P. The minimum absolute atomic E-state index is 0.00379. The molecule has 0 fully saturated rings. The van der Waals surface area contributed by atoms with Crippen molar-refractivity contribution in [1.82, 2.24) is 5.32 Å². The first-order chi connectivity index (χ1) is 31.5. The van der Waals surface area contributed by atoms with Gasteiger partial charge in [-0.1, -0.05) is 263 Å². The van der Waals surface area contributed by atoms with Crippen molar-refractivity contribution in [3.05, 3.63) is 24.3 Å². The van der Waals surface area contributed by atoms with Gasteiger partial charge in [0, 0.05) is 6.42 Å². The monoisotopic (exact) mass is 939 g/mol. The molecule has 0 aliphatic carbocycles. The summed E-state index contributed by atoms with van der Waals surface area (Å²) in [6.45, 7) is 4.67. The number of allylic oxidation sites excluding steroid dienone is 3. The molecule has 0 aromatic carbocycles. The summed E-state index contributed by atoms with van der Waals surface area (Å²) in [5, 5.41) is 13.9. The third-order valence-corrected chi connectivity index (χ3v) is 13.9. The number of hydrogen-bond donors (Lipinski definition) is 2. The predicted molar refractivity (Wildman–Crippen MR) is 279 cm³/mol. The molecule has 0 aromatic heterocycles. The van der Waals surface area contributed by atoms with E-state index in [1.165, 1.54) is 218 Å². The molecule has 3 unspecified atom stereocenters. The second-order valence-corrected chi connectivity index (χ2v) is 22.1. The van der Waals surface area contributed by atoms with Crippen molar-refractivity contribution in [2.75, 3.05) is 40.9 Å². The molecule has 0 aliphatic heterocycles. The molecule has 386 valence electrons. The van der Waals surface area contributed by atoms with Gasteiger partial charge in [0.25, 0.3) is 7.82 Å². The summed E-state index contributed by atoms with van der Waals surface area (Å²) in [7, 11) is 1.26. The van der Waals surface area contributed by atoms with E-state index >= 15 is 0 Å². The molecule has 0 radical (unpaired) electrons. The molecule has 65 heavy (non-hydrogen) atoms. The van der Waals surface area contributed by atoms with Gasteiger partial charge in [-0.05, 0) is 32.1 Å². The fourth-order valence-corrected chi connectivity index (χ4v) is 9.19. The van der Waals surface area contributed by atoms with Crippen LogP contribution in [-0.4, -0.2) is 68.5 Å². The standard InChI is InChI=1S/C56H111N2O6P/c1-6-8-10-12-14-16-18-20-22-24-25-26-27-28-29-30-31-32-34-35-37-39-41-43-45-47-49-55(59)54(53-64-65(61,62)63-52-51-58(3,4)5)57-56(60)50-48-46-44-42-40-38-36-33-23-21-19-17-15-13-11-9-7-2/h39,41,47,49,54-55,59H,6-38,40,42-46,48,50-53H2,1-5H3,(H-,57,60,61,62)/b41-39+,49-47+. The second kappa shape index (κ2) is 48.0. The number of carbonyl (C=O) groups is 1. The Bertz CT molecular complexity index is 1110. The number of rotatable bonds is 52. The maximum atomic E-state index is 12.9. The molecule has 0 bridgehead atoms. The smallest absolute Gasteiger partial charge is 0.268 e. The van der Waals surface area contributed by atoms with Gasteiger partial charge in [-0.25, -0.2) is 0 Å². The van der Waals surface area contributed by atoms with Crippen LogP contribution in [-0.2, 0) is 18.4 Å². The van der Waals surface area contributed by atoms with Crippen LogP contribution in [0.5, 0.6) is 0 Å². The van der Waals surface area contributed by atoms with Crippen molar-refractivity contribution in [2.24, 2.45) is 0 Å². The molecular weight excluding hydrogens is 828 g/mol. The lowest BCUT2D eigenvalue weighted by Crippen LogP contribution is -2.45. The van der Waals surface area contributed by atoms with Crippen molar-refractivity contribution >= 4 is 13.7 Å². The lowest BCUT2D eigenvalue weighted by molar-refractivity contribution is -0.870. The Morgan fingerprint density at radius 3 is 1.25 bits per heavy atom. The number of phosphoric acid groups is 1. The first kappa shape index (κ1) is 64.0. The van der Waals surface area contributed by atoms with Crippen LogP contribution in [0.2, 0.25) is 0 Å². The fourth-order valence-electron chi connectivity index (χ4n) is 8.47. The normalized spacial score (nSPS) is 14.1. The summed E-state index contributed by atoms with van der Waals surface area (Å²) < 4.78 is 23.3. The lowest BCUT2D eigenvalue weighted by atomic mass is 10.0. The summed E-state index contributed by atoms with van der Waals surface area (Å²) in [6, 6.07) is -0.899. The Balaban J connectivity index is 4.23. The van der Waals surface area contributed by atoms with Gasteiger partial charge in [-0.3, -0.25) is 9.36 Å². The highest BCUT2D eigenvalue weighted by molar-refractivity contribution is 7.45. The second-order valence-electron chi connectivity index (χ2n) is 20.6. The van der Waals surface area contributed by atoms with Crippen molar-refractivity contribution in [1.29, 1.82) is 0 Å². The van der Waals surface area contributed by atoms with Crippen LogP contribution < -0.4 is 10.2 Å². The number of likely N-dealkylation sites (N-methyl/N-ethyl adjacent to an activating group) is 1. The molecule has 3 atom stereocenters. The van der Waals surface area contributed by atoms with Gasteiger partial charge in [-0.2, -0.15) is 0 Å². The number of amides is 1. The van der Waals surface area contributed by atoms with Gasteiger partial charge >= 0.3 is 0 Å². The molecule has 0 aromatic rings. The number of unbranched alkanes of at least 4 members (excludes halogenated alkanes) is 37. The van der Waals surface area contributed by atoms with Crippen molar-refractivity contribution in [2.45, 2.75) is 289 Å². The predicted octanol–water partition coefficient (Wildman–Crippen LogP) is 16.2. The van der Waals surface area contributed by atoms with Crippen LogP contribution in [0.4, 0.5) is 0 Å². The zero-order chi connectivity index (χ0) is 47.8. The maximum Gasteiger partial charge on any atom is 0.268 e. The number of aliphatic hydroxyl groups excluding tert-OH is 1. The van der Waals surface area contributed by atoms with Gasteiger partial charge in [0.05, 0.1) is 39.9 Å². The third kappa shape index (κ3) is 50.7. The van der Waals surface area contributed by atoms with Crippen LogP contribution in [0.25, 0.3) is 0 Å². The summed E-state index contributed by atoms with van der Waals surface area (Å²) in [6.07, 6.45) is 59.7. The highest BCUT2D eigenvalue weighted by atomic mass is 31.2. The van der Waals surface area contributed by atoms with Crippen LogP contribution in [0.1, 0.15) is 277 Å². The molecule has 0 saturated carbocycles. The van der Waals surface area contributed by atoms with Gasteiger partial charge in [0.15, 0.2) is 0 Å². The number of nitrogens with one attached hydrogen (secondary N) is 1. The molecule has 0 rings (SSSR count). The Kier molecular flexibility index (Phi) is 47.3. The zero-order valence-corrected chi connectivity index (χ0v) is 44.9. The van der Waals surface area contributed by atoms with Gasteiger partial charge in [0.1, 0.15) is 13.2 Å². The van der Waals surface area contributed by atoms with Gasteiger partial charge < -0.3 is 28.8 Å². The quantitative estimate of drug-likeness (QED) is 0.0272. The average Bonchev–Trinajstić information content (AvgIpc) is 3.26. The lowest BCUT2D eigenvalue weighted by Gasteiger charge is -2.29. The maximum absolute atomic E-state index is 12.9. The van der Waals surface area contributed by atoms with Crippen LogP contribution in [0, 0.1) is 0 Å². The van der Waals surface area contributed by atoms with E-state index < -0.39 is 20.0 Å². The van der Waals surface area contributed by atoms with Gasteiger partial charge in [-0.15, -0.1) is 0 Å². The summed E-state index contributed by atoms with van der Waals surface area (Å²) in [5.74, 6) is -0.202. The van der Waals surface area contributed by atoms with Crippen molar-refractivity contribution in [3.63, 3.8) is 0 Å². The average molecular weight is 939 g/mol. The van der Waals surface area contributed by atoms with Crippen molar-refractivity contribution in [3.8, 4) is 0 Å². The molecule has 1 amide bonds. The number of nitrogens with zero attached hydrogens (tertiary/aromatic N) is 1. The Morgan fingerprint density at radius 2 is 0.862 bits per heavy atom. The molecule has 2 N–H and O–H groups in total. The molecule has 0 spiro atoms. The van der Waals surface area contributed by atoms with E-state index in [-0.39, 0.29) is 19.1 Å². The van der Waals surface area contributed by atoms with E-state index in [1.807, 2.05) is 27.2 Å². The zero-order valence-electron chi connectivity index (χ0n) is 44.0. The Morgan fingerprint density at radius 1 is 0.523 bits per heavy atom. The highest BCUT2D eigenvalue weighted by Crippen LogP contribution is 2.38. The largest absolute Gasteiger partial charge is 0.756 e. The van der Waals surface area contributed by atoms with E-state index in [0.29, 0.717) is 17.4 Å². The number of phosphoric ester groups is 1. The van der Waals surface area contributed by atoms with E-state index in [2.05, 4.69) is 31.3 Å².